The second-order valence-electron chi connectivity index (χ2n) is 7.73. The van der Waals surface area contributed by atoms with Gasteiger partial charge in [-0.3, -0.25) is 9.36 Å². The summed E-state index contributed by atoms with van der Waals surface area (Å²) in [5.74, 6) is 0.717. The van der Waals surface area contributed by atoms with Crippen LogP contribution in [-0.2, 0) is 15.8 Å². The standard InChI is InChI=1S/C21H34NO4PS/c1-3-4-5-8-18(23)14-15-22-20(24)16-28-21(22)9-6-7-17-10-12-19(13-11-17)27(2,25)26/h10-13,18,21,23H,3-9,14-16H2,1-2H3,(H,25,26). The SMILES string of the molecule is CCCCCC(O)CCN1C(=O)CSC1CCCc1ccc(P(C)(=O)O)cc1. The molecule has 1 aliphatic heterocycles. The van der Waals surface area contributed by atoms with Gasteiger partial charge in [0.1, 0.15) is 0 Å². The maximum atomic E-state index is 12.2. The Hall–Kier alpha value is -0.810. The third kappa shape index (κ3) is 7.55. The van der Waals surface area contributed by atoms with E-state index < -0.39 is 7.37 Å². The van der Waals surface area contributed by atoms with Crippen LogP contribution in [0, 0.1) is 0 Å². The van der Waals surface area contributed by atoms with Crippen molar-refractivity contribution in [1.29, 1.82) is 0 Å². The molecule has 0 aromatic heterocycles. The summed E-state index contributed by atoms with van der Waals surface area (Å²) >= 11 is 1.70. The van der Waals surface area contributed by atoms with E-state index >= 15 is 0 Å². The highest BCUT2D eigenvalue weighted by Gasteiger charge is 2.31. The summed E-state index contributed by atoms with van der Waals surface area (Å²) in [6, 6.07) is 7.30. The number of aliphatic hydroxyl groups excluding tert-OH is 1. The molecule has 28 heavy (non-hydrogen) atoms. The lowest BCUT2D eigenvalue weighted by Crippen LogP contribution is -2.35. The van der Waals surface area contributed by atoms with Crippen LogP contribution < -0.4 is 5.30 Å². The van der Waals surface area contributed by atoms with Gasteiger partial charge in [0.2, 0.25) is 13.3 Å². The van der Waals surface area contributed by atoms with E-state index in [1.807, 2.05) is 17.0 Å². The van der Waals surface area contributed by atoms with Gasteiger partial charge in [-0.1, -0.05) is 38.3 Å². The van der Waals surface area contributed by atoms with Crippen molar-refractivity contribution in [1.82, 2.24) is 4.90 Å². The fourth-order valence-corrected chi connectivity index (χ4v) is 5.43. The van der Waals surface area contributed by atoms with Gasteiger partial charge in [-0.05, 0) is 49.8 Å². The highest BCUT2D eigenvalue weighted by molar-refractivity contribution is 8.00. The van der Waals surface area contributed by atoms with E-state index in [-0.39, 0.29) is 17.4 Å². The van der Waals surface area contributed by atoms with Crippen molar-refractivity contribution in [3.63, 3.8) is 0 Å². The average molecular weight is 428 g/mol. The number of amides is 1. The third-order valence-corrected chi connectivity index (χ3v) is 7.79. The minimum Gasteiger partial charge on any atom is -0.393 e. The molecule has 1 aliphatic rings. The lowest BCUT2D eigenvalue weighted by molar-refractivity contribution is -0.128. The molecule has 7 heteroatoms. The molecule has 2 N–H and O–H groups in total. The second kappa shape index (κ2) is 11.4. The van der Waals surface area contributed by atoms with Crippen molar-refractivity contribution in [3.05, 3.63) is 29.8 Å². The van der Waals surface area contributed by atoms with E-state index in [4.69, 9.17) is 0 Å². The highest BCUT2D eigenvalue weighted by atomic mass is 32.2. The van der Waals surface area contributed by atoms with Crippen molar-refractivity contribution in [2.45, 2.75) is 69.8 Å². The highest BCUT2D eigenvalue weighted by Crippen LogP contribution is 2.34. The number of unbranched alkanes of at least 4 members (excludes halogenated alkanes) is 2. The van der Waals surface area contributed by atoms with Gasteiger partial charge < -0.3 is 14.9 Å². The smallest absolute Gasteiger partial charge is 0.233 e. The minimum absolute atomic E-state index is 0.182. The first kappa shape index (κ1) is 23.5. The molecule has 3 unspecified atom stereocenters. The number of rotatable bonds is 12. The van der Waals surface area contributed by atoms with Gasteiger partial charge in [-0.15, -0.1) is 11.8 Å². The molecule has 1 fully saturated rings. The second-order valence-corrected chi connectivity index (χ2v) is 11.2. The first-order valence-corrected chi connectivity index (χ1v) is 13.5. The van der Waals surface area contributed by atoms with Crippen LogP contribution in [0.4, 0.5) is 0 Å². The number of hydrogen-bond acceptors (Lipinski definition) is 4. The summed E-state index contributed by atoms with van der Waals surface area (Å²) in [5.41, 5.74) is 1.14. The van der Waals surface area contributed by atoms with Crippen LogP contribution >= 0.6 is 19.1 Å². The van der Waals surface area contributed by atoms with E-state index in [0.29, 0.717) is 24.0 Å². The van der Waals surface area contributed by atoms with Crippen LogP contribution in [0.15, 0.2) is 24.3 Å². The molecule has 1 heterocycles. The molecule has 0 saturated carbocycles. The fourth-order valence-electron chi connectivity index (χ4n) is 3.49. The molecule has 0 spiro atoms. The maximum absolute atomic E-state index is 12.2. The molecule has 158 valence electrons. The number of carbonyl (C=O) groups is 1. The Labute approximate surface area is 173 Å². The lowest BCUT2D eigenvalue weighted by Gasteiger charge is -2.25. The predicted octanol–water partition coefficient (Wildman–Crippen LogP) is 3.77. The zero-order valence-electron chi connectivity index (χ0n) is 17.0. The molecule has 0 aliphatic carbocycles. The van der Waals surface area contributed by atoms with Gasteiger partial charge in [0.15, 0.2) is 0 Å². The number of thioether (sulfide) groups is 1. The number of carbonyl (C=O) groups excluding carboxylic acids is 1. The maximum Gasteiger partial charge on any atom is 0.233 e. The monoisotopic (exact) mass is 427 g/mol. The number of aliphatic hydroxyl groups is 1. The molecule has 1 aromatic rings. The van der Waals surface area contributed by atoms with Crippen molar-refractivity contribution in [3.8, 4) is 0 Å². The quantitative estimate of drug-likeness (QED) is 0.392. The summed E-state index contributed by atoms with van der Waals surface area (Å²) in [7, 11) is -3.19. The molecule has 3 atom stereocenters. The zero-order valence-corrected chi connectivity index (χ0v) is 18.8. The molecule has 1 amide bonds. The van der Waals surface area contributed by atoms with Crippen LogP contribution in [-0.4, -0.2) is 51.2 Å². The predicted molar refractivity (Wildman–Crippen MR) is 117 cm³/mol. The Morgan fingerprint density at radius 3 is 2.57 bits per heavy atom. The van der Waals surface area contributed by atoms with Gasteiger partial charge in [-0.25, -0.2) is 0 Å². The Kier molecular flexibility index (Phi) is 9.55. The van der Waals surface area contributed by atoms with E-state index in [1.165, 1.54) is 6.66 Å². The molecular weight excluding hydrogens is 393 g/mol. The van der Waals surface area contributed by atoms with E-state index in [9.17, 15) is 19.4 Å². The van der Waals surface area contributed by atoms with Gasteiger partial charge in [-0.2, -0.15) is 0 Å². The zero-order chi connectivity index (χ0) is 20.6. The fraction of sp³-hybridized carbons (Fsp3) is 0.667. The molecule has 5 nitrogen and oxygen atoms in total. The Balaban J connectivity index is 1.76. The largest absolute Gasteiger partial charge is 0.393 e. The third-order valence-electron chi connectivity index (χ3n) is 5.24. The summed E-state index contributed by atoms with van der Waals surface area (Å²) in [4.78, 5) is 23.7. The Bertz CT molecular complexity index is 661. The summed E-state index contributed by atoms with van der Waals surface area (Å²) < 4.78 is 11.7. The van der Waals surface area contributed by atoms with Crippen molar-refractivity contribution in [2.75, 3.05) is 19.0 Å². The molecular formula is C21H34NO4PS. The van der Waals surface area contributed by atoms with Crippen LogP contribution in [0.5, 0.6) is 0 Å². The van der Waals surface area contributed by atoms with E-state index in [2.05, 4.69) is 6.92 Å². The van der Waals surface area contributed by atoms with Crippen LogP contribution in [0.25, 0.3) is 0 Å². The van der Waals surface area contributed by atoms with Crippen LogP contribution in [0.3, 0.4) is 0 Å². The molecule has 2 rings (SSSR count). The number of aryl methyl sites for hydroxylation is 1. The van der Waals surface area contributed by atoms with Crippen LogP contribution in [0.2, 0.25) is 0 Å². The van der Waals surface area contributed by atoms with E-state index in [0.717, 1.165) is 50.5 Å². The van der Waals surface area contributed by atoms with Gasteiger partial charge >= 0.3 is 0 Å². The Morgan fingerprint density at radius 1 is 1.21 bits per heavy atom. The average Bonchev–Trinajstić information content (AvgIpc) is 3.00. The molecule has 1 aromatic carbocycles. The summed E-state index contributed by atoms with van der Waals surface area (Å²) in [6.45, 7) is 4.15. The first-order valence-electron chi connectivity index (χ1n) is 10.3. The normalized spacial score (nSPS) is 20.4. The van der Waals surface area contributed by atoms with E-state index in [1.54, 1.807) is 23.9 Å². The number of benzene rings is 1. The molecule has 1 saturated heterocycles. The van der Waals surface area contributed by atoms with Crippen molar-refractivity contribution < 1.29 is 19.4 Å². The minimum atomic E-state index is -3.19. The van der Waals surface area contributed by atoms with Crippen molar-refractivity contribution >= 4 is 30.3 Å². The van der Waals surface area contributed by atoms with Gasteiger partial charge in [0.25, 0.3) is 0 Å². The number of hydrogen-bond donors (Lipinski definition) is 2. The molecule has 0 bridgehead atoms. The first-order chi connectivity index (χ1) is 13.3. The topological polar surface area (TPSA) is 77.8 Å². The van der Waals surface area contributed by atoms with Gasteiger partial charge in [0.05, 0.1) is 17.2 Å². The molecule has 0 radical (unpaired) electrons. The van der Waals surface area contributed by atoms with Crippen LogP contribution in [0.1, 0.15) is 57.4 Å². The summed E-state index contributed by atoms with van der Waals surface area (Å²) in [6.07, 6.45) is 7.28. The number of nitrogens with zero attached hydrogens (tertiary/aromatic N) is 1. The summed E-state index contributed by atoms with van der Waals surface area (Å²) in [5, 5.41) is 10.8. The van der Waals surface area contributed by atoms with Gasteiger partial charge in [0, 0.05) is 18.5 Å². The Morgan fingerprint density at radius 2 is 1.93 bits per heavy atom. The van der Waals surface area contributed by atoms with Crippen molar-refractivity contribution in [2.24, 2.45) is 0 Å². The lowest BCUT2D eigenvalue weighted by atomic mass is 10.1.